The predicted molar refractivity (Wildman–Crippen MR) is 70.1 cm³/mol. The maximum atomic E-state index is 4.19. The Labute approximate surface area is 101 Å². The Bertz CT molecular complexity index is 470. The molecule has 1 heterocycles. The minimum Gasteiger partial charge on any atom is -0.373 e. The number of aromatic nitrogens is 2. The second kappa shape index (κ2) is 5.30. The van der Waals surface area contributed by atoms with Gasteiger partial charge in [0.1, 0.15) is 18.0 Å². The Kier molecular flexibility index (Phi) is 3.55. The van der Waals surface area contributed by atoms with Crippen molar-refractivity contribution in [2.24, 2.45) is 0 Å². The van der Waals surface area contributed by atoms with Crippen LogP contribution >= 0.6 is 0 Å². The summed E-state index contributed by atoms with van der Waals surface area (Å²) in [7, 11) is 1.84. The van der Waals surface area contributed by atoms with Crippen LogP contribution in [0.5, 0.6) is 0 Å². The van der Waals surface area contributed by atoms with Crippen LogP contribution in [0.4, 0.5) is 11.6 Å². The van der Waals surface area contributed by atoms with E-state index in [1.54, 1.807) is 6.33 Å². The Morgan fingerprint density at radius 2 is 1.76 bits per heavy atom. The minimum atomic E-state index is 0.218. The molecule has 0 aliphatic rings. The van der Waals surface area contributed by atoms with Crippen molar-refractivity contribution in [1.29, 1.82) is 0 Å². The Morgan fingerprint density at radius 1 is 1.06 bits per heavy atom. The molecule has 4 nitrogen and oxygen atoms in total. The number of nitrogens with zero attached hydrogens (tertiary/aromatic N) is 2. The van der Waals surface area contributed by atoms with Crippen LogP contribution in [0, 0.1) is 0 Å². The molecule has 2 N–H and O–H groups in total. The first kappa shape index (κ1) is 11.4. The SMILES string of the molecule is CNc1cc(N[C@@H](C)c2ccccc2)ncn1. The number of hydrogen-bond donors (Lipinski definition) is 2. The number of nitrogens with one attached hydrogen (secondary N) is 2. The summed E-state index contributed by atoms with van der Waals surface area (Å²) in [5.74, 6) is 1.63. The van der Waals surface area contributed by atoms with E-state index in [-0.39, 0.29) is 6.04 Å². The average molecular weight is 228 g/mol. The van der Waals surface area contributed by atoms with Crippen molar-refractivity contribution in [3.63, 3.8) is 0 Å². The first-order chi connectivity index (χ1) is 8.29. The zero-order chi connectivity index (χ0) is 12.1. The molecule has 0 radical (unpaired) electrons. The van der Waals surface area contributed by atoms with Gasteiger partial charge in [0.2, 0.25) is 0 Å². The van der Waals surface area contributed by atoms with Gasteiger partial charge in [-0.3, -0.25) is 0 Å². The van der Waals surface area contributed by atoms with Gasteiger partial charge in [-0.25, -0.2) is 9.97 Å². The Balaban J connectivity index is 2.10. The molecule has 0 aliphatic carbocycles. The average Bonchev–Trinajstić information content (AvgIpc) is 2.40. The van der Waals surface area contributed by atoms with E-state index in [2.05, 4.69) is 39.7 Å². The summed E-state index contributed by atoms with van der Waals surface area (Å²) in [4.78, 5) is 8.27. The zero-order valence-electron chi connectivity index (χ0n) is 10.0. The summed E-state index contributed by atoms with van der Waals surface area (Å²) in [5, 5.41) is 6.33. The van der Waals surface area contributed by atoms with Crippen molar-refractivity contribution in [2.75, 3.05) is 17.7 Å². The normalized spacial score (nSPS) is 11.9. The van der Waals surface area contributed by atoms with E-state index in [4.69, 9.17) is 0 Å². The molecule has 0 fully saturated rings. The van der Waals surface area contributed by atoms with Gasteiger partial charge in [0.05, 0.1) is 0 Å². The maximum absolute atomic E-state index is 4.19. The standard InChI is InChI=1S/C13H16N4/c1-10(11-6-4-3-5-7-11)17-13-8-12(14-2)15-9-16-13/h3-10H,1-2H3,(H2,14,15,16,17)/t10-/m0/s1. The molecular formula is C13H16N4. The molecule has 4 heteroatoms. The van der Waals surface area contributed by atoms with Crippen molar-refractivity contribution in [3.05, 3.63) is 48.3 Å². The van der Waals surface area contributed by atoms with E-state index in [1.807, 2.05) is 31.3 Å². The van der Waals surface area contributed by atoms with Crippen LogP contribution in [-0.2, 0) is 0 Å². The fourth-order valence-corrected chi connectivity index (χ4v) is 1.62. The van der Waals surface area contributed by atoms with Crippen LogP contribution in [0.2, 0.25) is 0 Å². The highest BCUT2D eigenvalue weighted by Crippen LogP contribution is 2.18. The summed E-state index contributed by atoms with van der Waals surface area (Å²) in [6.07, 6.45) is 1.55. The highest BCUT2D eigenvalue weighted by atomic mass is 15.1. The van der Waals surface area contributed by atoms with Crippen LogP contribution in [0.3, 0.4) is 0 Å². The Morgan fingerprint density at radius 3 is 2.47 bits per heavy atom. The highest BCUT2D eigenvalue weighted by Gasteiger charge is 2.05. The molecular weight excluding hydrogens is 212 g/mol. The molecule has 17 heavy (non-hydrogen) atoms. The molecule has 1 aromatic carbocycles. The number of hydrogen-bond acceptors (Lipinski definition) is 4. The predicted octanol–water partition coefficient (Wildman–Crippen LogP) is 2.69. The van der Waals surface area contributed by atoms with Crippen molar-refractivity contribution < 1.29 is 0 Å². The fraction of sp³-hybridized carbons (Fsp3) is 0.231. The smallest absolute Gasteiger partial charge is 0.131 e. The molecule has 0 spiro atoms. The third kappa shape index (κ3) is 2.93. The van der Waals surface area contributed by atoms with E-state index in [9.17, 15) is 0 Å². The first-order valence-corrected chi connectivity index (χ1v) is 5.61. The minimum absolute atomic E-state index is 0.218. The third-order valence-electron chi connectivity index (χ3n) is 2.59. The summed E-state index contributed by atoms with van der Waals surface area (Å²) >= 11 is 0. The highest BCUT2D eigenvalue weighted by molar-refractivity contribution is 5.47. The first-order valence-electron chi connectivity index (χ1n) is 5.61. The van der Waals surface area contributed by atoms with E-state index >= 15 is 0 Å². The lowest BCUT2D eigenvalue weighted by Gasteiger charge is -2.15. The molecule has 1 aromatic heterocycles. The molecule has 0 unspecified atom stereocenters. The Hall–Kier alpha value is -2.10. The van der Waals surface area contributed by atoms with E-state index in [0.29, 0.717) is 0 Å². The van der Waals surface area contributed by atoms with Gasteiger partial charge in [-0.15, -0.1) is 0 Å². The van der Waals surface area contributed by atoms with Crippen molar-refractivity contribution in [1.82, 2.24) is 9.97 Å². The molecule has 88 valence electrons. The molecule has 0 aliphatic heterocycles. The zero-order valence-corrected chi connectivity index (χ0v) is 10.0. The van der Waals surface area contributed by atoms with Gasteiger partial charge >= 0.3 is 0 Å². The molecule has 1 atom stereocenters. The van der Waals surface area contributed by atoms with Crippen LogP contribution in [0.1, 0.15) is 18.5 Å². The number of benzene rings is 1. The van der Waals surface area contributed by atoms with Gasteiger partial charge in [0.15, 0.2) is 0 Å². The molecule has 0 amide bonds. The van der Waals surface area contributed by atoms with Crippen molar-refractivity contribution >= 4 is 11.6 Å². The quantitative estimate of drug-likeness (QED) is 0.844. The second-order valence-corrected chi connectivity index (χ2v) is 3.82. The van der Waals surface area contributed by atoms with Gasteiger partial charge in [0, 0.05) is 19.2 Å². The van der Waals surface area contributed by atoms with Crippen molar-refractivity contribution in [3.8, 4) is 0 Å². The maximum Gasteiger partial charge on any atom is 0.131 e. The van der Waals surface area contributed by atoms with Crippen LogP contribution in [0.15, 0.2) is 42.7 Å². The lowest BCUT2D eigenvalue weighted by molar-refractivity contribution is 0.872. The van der Waals surface area contributed by atoms with E-state index in [0.717, 1.165) is 11.6 Å². The summed E-state index contributed by atoms with van der Waals surface area (Å²) in [5.41, 5.74) is 1.23. The molecule has 2 rings (SSSR count). The monoisotopic (exact) mass is 228 g/mol. The molecule has 0 saturated carbocycles. The lowest BCUT2D eigenvalue weighted by atomic mass is 10.1. The van der Waals surface area contributed by atoms with Gasteiger partial charge in [0.25, 0.3) is 0 Å². The van der Waals surface area contributed by atoms with Crippen molar-refractivity contribution in [2.45, 2.75) is 13.0 Å². The topological polar surface area (TPSA) is 49.8 Å². The largest absolute Gasteiger partial charge is 0.373 e. The summed E-state index contributed by atoms with van der Waals surface area (Å²) in [6, 6.07) is 12.4. The summed E-state index contributed by atoms with van der Waals surface area (Å²) < 4.78 is 0. The number of rotatable bonds is 4. The third-order valence-corrected chi connectivity index (χ3v) is 2.59. The molecule has 2 aromatic rings. The van der Waals surface area contributed by atoms with Gasteiger partial charge in [-0.05, 0) is 12.5 Å². The fourth-order valence-electron chi connectivity index (χ4n) is 1.62. The van der Waals surface area contributed by atoms with Crippen LogP contribution in [-0.4, -0.2) is 17.0 Å². The van der Waals surface area contributed by atoms with Crippen LogP contribution < -0.4 is 10.6 Å². The lowest BCUT2D eigenvalue weighted by Crippen LogP contribution is -2.08. The second-order valence-electron chi connectivity index (χ2n) is 3.82. The van der Waals surface area contributed by atoms with Gasteiger partial charge in [-0.1, -0.05) is 30.3 Å². The molecule has 0 saturated heterocycles. The van der Waals surface area contributed by atoms with Gasteiger partial charge < -0.3 is 10.6 Å². The van der Waals surface area contributed by atoms with E-state index in [1.165, 1.54) is 5.56 Å². The number of anilines is 2. The summed E-state index contributed by atoms with van der Waals surface area (Å²) in [6.45, 7) is 2.11. The molecule has 0 bridgehead atoms. The van der Waals surface area contributed by atoms with Gasteiger partial charge in [-0.2, -0.15) is 0 Å². The van der Waals surface area contributed by atoms with E-state index < -0.39 is 0 Å². The van der Waals surface area contributed by atoms with Crippen LogP contribution in [0.25, 0.3) is 0 Å².